The molecule has 0 fully saturated rings. The van der Waals surface area contributed by atoms with Crippen LogP contribution in [0.4, 0.5) is 17.5 Å². The zero-order valence-corrected chi connectivity index (χ0v) is 14.9. The van der Waals surface area contributed by atoms with Gasteiger partial charge in [-0.2, -0.15) is 4.98 Å². The lowest BCUT2D eigenvalue weighted by atomic mass is 10.1. The van der Waals surface area contributed by atoms with Crippen LogP contribution in [0.1, 0.15) is 20.8 Å². The van der Waals surface area contributed by atoms with E-state index in [1.165, 1.54) is 0 Å². The van der Waals surface area contributed by atoms with Crippen molar-refractivity contribution in [3.8, 4) is 17.2 Å². The second kappa shape index (κ2) is 7.25. The van der Waals surface area contributed by atoms with Crippen molar-refractivity contribution in [3.05, 3.63) is 24.4 Å². The summed E-state index contributed by atoms with van der Waals surface area (Å²) in [4.78, 5) is 8.70. The van der Waals surface area contributed by atoms with Crippen LogP contribution in [0.25, 0.3) is 0 Å². The molecule has 0 unspecified atom stereocenters. The minimum atomic E-state index is -0.0851. The van der Waals surface area contributed by atoms with Crippen molar-refractivity contribution in [2.24, 2.45) is 0 Å². The summed E-state index contributed by atoms with van der Waals surface area (Å²) >= 11 is 0. The number of nitrogens with one attached hydrogen (secondary N) is 2. The third-order valence-electron chi connectivity index (χ3n) is 3.08. The van der Waals surface area contributed by atoms with Crippen molar-refractivity contribution < 1.29 is 14.2 Å². The highest BCUT2D eigenvalue weighted by Gasteiger charge is 2.14. The lowest BCUT2D eigenvalue weighted by Gasteiger charge is -2.21. The highest BCUT2D eigenvalue weighted by atomic mass is 16.5. The maximum atomic E-state index is 5.35. The maximum absolute atomic E-state index is 5.35. The summed E-state index contributed by atoms with van der Waals surface area (Å²) in [5.41, 5.74) is 0.649. The van der Waals surface area contributed by atoms with E-state index in [2.05, 4.69) is 41.4 Å². The molecule has 0 radical (unpaired) electrons. The predicted molar refractivity (Wildman–Crippen MR) is 94.8 cm³/mol. The Bertz CT molecular complexity index is 673. The molecule has 2 rings (SSSR count). The molecule has 0 spiro atoms. The lowest BCUT2D eigenvalue weighted by Crippen LogP contribution is -2.26. The molecule has 7 nitrogen and oxygen atoms in total. The number of methoxy groups -OCH3 is 3. The molecule has 130 valence electrons. The first-order valence-corrected chi connectivity index (χ1v) is 7.54. The van der Waals surface area contributed by atoms with Gasteiger partial charge in [-0.05, 0) is 26.8 Å². The van der Waals surface area contributed by atoms with Crippen molar-refractivity contribution in [2.45, 2.75) is 26.3 Å². The van der Waals surface area contributed by atoms with Crippen molar-refractivity contribution >= 4 is 17.5 Å². The van der Waals surface area contributed by atoms with Crippen LogP contribution in [0.3, 0.4) is 0 Å². The number of hydrogen-bond donors (Lipinski definition) is 2. The van der Waals surface area contributed by atoms with Gasteiger partial charge >= 0.3 is 0 Å². The number of benzene rings is 1. The molecule has 0 aliphatic carbocycles. The third kappa shape index (κ3) is 4.41. The Balaban J connectivity index is 2.29. The first-order valence-electron chi connectivity index (χ1n) is 7.54. The highest BCUT2D eigenvalue weighted by molar-refractivity contribution is 5.66. The largest absolute Gasteiger partial charge is 0.493 e. The molecule has 7 heteroatoms. The quantitative estimate of drug-likeness (QED) is 0.839. The number of anilines is 3. The Hall–Kier alpha value is -2.70. The van der Waals surface area contributed by atoms with Crippen LogP contribution in [-0.2, 0) is 0 Å². The molecule has 1 aromatic heterocycles. The lowest BCUT2D eigenvalue weighted by molar-refractivity contribution is 0.324. The summed E-state index contributed by atoms with van der Waals surface area (Å²) in [5.74, 6) is 2.87. The molecular weight excluding hydrogens is 308 g/mol. The number of nitrogens with zero attached hydrogens (tertiary/aromatic N) is 2. The van der Waals surface area contributed by atoms with Crippen LogP contribution < -0.4 is 24.8 Å². The van der Waals surface area contributed by atoms with E-state index in [-0.39, 0.29) is 5.54 Å². The highest BCUT2D eigenvalue weighted by Crippen LogP contribution is 2.40. The standard InChI is InChI=1S/C17H24N4O3/c1-17(2,3)21-14-7-8-18-16(20-14)19-11-9-12(22-4)15(24-6)13(10-11)23-5/h7-10H,1-6H3,(H2,18,19,20,21). The summed E-state index contributed by atoms with van der Waals surface area (Å²) in [6.07, 6.45) is 1.70. The van der Waals surface area contributed by atoms with Gasteiger partial charge in [0.2, 0.25) is 11.7 Å². The maximum Gasteiger partial charge on any atom is 0.229 e. The van der Waals surface area contributed by atoms with Gasteiger partial charge in [-0.25, -0.2) is 4.98 Å². The van der Waals surface area contributed by atoms with Crippen LogP contribution in [0.5, 0.6) is 17.2 Å². The fraction of sp³-hybridized carbons (Fsp3) is 0.412. The summed E-state index contributed by atoms with van der Waals surface area (Å²) in [6.45, 7) is 6.21. The average molecular weight is 332 g/mol. The van der Waals surface area contributed by atoms with Gasteiger partial charge in [-0.15, -0.1) is 0 Å². The Labute approximate surface area is 142 Å². The van der Waals surface area contributed by atoms with Crippen molar-refractivity contribution in [1.82, 2.24) is 9.97 Å². The first-order chi connectivity index (χ1) is 11.4. The van der Waals surface area contributed by atoms with Crippen LogP contribution in [-0.4, -0.2) is 36.8 Å². The van der Waals surface area contributed by atoms with Gasteiger partial charge in [-0.3, -0.25) is 0 Å². The normalized spacial score (nSPS) is 10.9. The van der Waals surface area contributed by atoms with Crippen molar-refractivity contribution in [3.63, 3.8) is 0 Å². The zero-order chi connectivity index (χ0) is 17.7. The van der Waals surface area contributed by atoms with Gasteiger partial charge in [0.1, 0.15) is 5.82 Å². The fourth-order valence-corrected chi connectivity index (χ4v) is 2.16. The molecule has 1 aromatic carbocycles. The molecule has 0 saturated carbocycles. The van der Waals surface area contributed by atoms with Crippen molar-refractivity contribution in [2.75, 3.05) is 32.0 Å². The average Bonchev–Trinajstić information content (AvgIpc) is 2.52. The minimum Gasteiger partial charge on any atom is -0.493 e. The summed E-state index contributed by atoms with van der Waals surface area (Å²) in [5, 5.41) is 6.46. The number of ether oxygens (including phenoxy) is 3. The zero-order valence-electron chi connectivity index (χ0n) is 14.9. The first kappa shape index (κ1) is 17.7. The third-order valence-corrected chi connectivity index (χ3v) is 3.08. The van der Waals surface area contributed by atoms with Gasteiger partial charge in [0.05, 0.1) is 21.3 Å². The SMILES string of the molecule is COc1cc(Nc2nccc(NC(C)(C)C)n2)cc(OC)c1OC. The van der Waals surface area contributed by atoms with E-state index in [0.29, 0.717) is 23.2 Å². The molecule has 0 aliphatic rings. The van der Waals surface area contributed by atoms with Crippen LogP contribution >= 0.6 is 0 Å². The summed E-state index contributed by atoms with van der Waals surface area (Å²) < 4.78 is 16.0. The second-order valence-electron chi connectivity index (χ2n) is 6.18. The van der Waals surface area contributed by atoms with E-state index in [9.17, 15) is 0 Å². The van der Waals surface area contributed by atoms with Crippen LogP contribution in [0.15, 0.2) is 24.4 Å². The van der Waals surface area contributed by atoms with E-state index >= 15 is 0 Å². The molecule has 0 amide bonds. The topological polar surface area (TPSA) is 77.5 Å². The minimum absolute atomic E-state index is 0.0851. The Kier molecular flexibility index (Phi) is 5.33. The fourth-order valence-electron chi connectivity index (χ4n) is 2.16. The predicted octanol–water partition coefficient (Wildman–Crippen LogP) is 3.46. The van der Waals surface area contributed by atoms with Crippen molar-refractivity contribution in [1.29, 1.82) is 0 Å². The summed E-state index contributed by atoms with van der Waals surface area (Å²) in [7, 11) is 4.72. The van der Waals surface area contributed by atoms with Crippen LogP contribution in [0.2, 0.25) is 0 Å². The molecule has 0 atom stereocenters. The number of hydrogen-bond acceptors (Lipinski definition) is 7. The monoisotopic (exact) mass is 332 g/mol. The van der Waals surface area contributed by atoms with E-state index in [4.69, 9.17) is 14.2 Å². The number of rotatable bonds is 6. The van der Waals surface area contributed by atoms with Gasteiger partial charge in [0.15, 0.2) is 11.5 Å². The Morgan fingerprint density at radius 2 is 1.58 bits per heavy atom. The van der Waals surface area contributed by atoms with Gasteiger partial charge in [0, 0.05) is 29.6 Å². The van der Waals surface area contributed by atoms with Gasteiger partial charge in [0.25, 0.3) is 0 Å². The second-order valence-corrected chi connectivity index (χ2v) is 6.18. The van der Waals surface area contributed by atoms with E-state index < -0.39 is 0 Å². The Morgan fingerprint density at radius 3 is 2.08 bits per heavy atom. The summed E-state index contributed by atoms with van der Waals surface area (Å²) in [6, 6.07) is 5.43. The molecule has 2 N–H and O–H groups in total. The van der Waals surface area contributed by atoms with Gasteiger partial charge in [-0.1, -0.05) is 0 Å². The Morgan fingerprint density at radius 1 is 0.958 bits per heavy atom. The molecular formula is C17H24N4O3. The van der Waals surface area contributed by atoms with E-state index in [1.807, 2.05) is 6.07 Å². The molecule has 1 heterocycles. The van der Waals surface area contributed by atoms with E-state index in [0.717, 1.165) is 11.5 Å². The van der Waals surface area contributed by atoms with Crippen LogP contribution in [0, 0.1) is 0 Å². The molecule has 2 aromatic rings. The molecule has 0 saturated heterocycles. The smallest absolute Gasteiger partial charge is 0.229 e. The molecule has 24 heavy (non-hydrogen) atoms. The molecule has 0 bridgehead atoms. The van der Waals surface area contributed by atoms with E-state index in [1.54, 1.807) is 39.7 Å². The number of aromatic nitrogens is 2. The van der Waals surface area contributed by atoms with Gasteiger partial charge < -0.3 is 24.8 Å². The molecule has 0 aliphatic heterocycles.